The third kappa shape index (κ3) is 4.36. The topological polar surface area (TPSA) is 87.8 Å². The number of fused-ring (bicyclic) bond motifs is 1. The number of hydrogen-bond donors (Lipinski definition) is 0. The zero-order chi connectivity index (χ0) is 26.4. The minimum Gasteiger partial charge on any atom is -0.493 e. The van der Waals surface area contributed by atoms with E-state index in [2.05, 4.69) is 40.9 Å². The van der Waals surface area contributed by atoms with Crippen molar-refractivity contribution in [3.8, 4) is 22.8 Å². The summed E-state index contributed by atoms with van der Waals surface area (Å²) in [6.45, 7) is 3.85. The van der Waals surface area contributed by atoms with Crippen LogP contribution < -0.4 is 9.47 Å². The smallest absolute Gasteiger partial charge is 0.160 e. The van der Waals surface area contributed by atoms with Crippen molar-refractivity contribution in [2.45, 2.75) is 38.5 Å². The number of hydrogen-bond acceptors (Lipinski definition) is 7. The van der Waals surface area contributed by atoms with Crippen LogP contribution in [0, 0.1) is 13.8 Å². The summed E-state index contributed by atoms with van der Waals surface area (Å²) in [5.41, 5.74) is 6.97. The molecule has 2 atom stereocenters. The van der Waals surface area contributed by atoms with Crippen LogP contribution in [0.2, 0.25) is 0 Å². The van der Waals surface area contributed by atoms with Crippen LogP contribution in [-0.2, 0) is 13.5 Å². The van der Waals surface area contributed by atoms with E-state index in [9.17, 15) is 0 Å². The fourth-order valence-electron chi connectivity index (χ4n) is 5.27. The molecule has 0 aliphatic heterocycles. The Balaban J connectivity index is 1.33. The van der Waals surface area contributed by atoms with E-state index in [0.29, 0.717) is 29.8 Å². The van der Waals surface area contributed by atoms with Crippen molar-refractivity contribution < 1.29 is 9.47 Å². The Labute approximate surface area is 221 Å². The number of para-hydroxylation sites is 2. The zero-order valence-corrected chi connectivity index (χ0v) is 22.3. The molecule has 0 saturated heterocycles. The maximum atomic E-state index is 5.51. The van der Waals surface area contributed by atoms with Crippen molar-refractivity contribution in [1.82, 2.24) is 29.5 Å². The maximum Gasteiger partial charge on any atom is 0.160 e. The maximum absolute atomic E-state index is 5.51. The Hall–Kier alpha value is -4.33. The summed E-state index contributed by atoms with van der Waals surface area (Å²) < 4.78 is 13.1. The van der Waals surface area contributed by atoms with Gasteiger partial charge < -0.3 is 14.0 Å². The summed E-state index contributed by atoms with van der Waals surface area (Å²) in [6.07, 6.45) is 3.51. The number of benzene rings is 2. The second-order valence-corrected chi connectivity index (χ2v) is 9.84. The molecule has 38 heavy (non-hydrogen) atoms. The second-order valence-electron chi connectivity index (χ2n) is 9.84. The monoisotopic (exact) mass is 506 g/mol. The third-order valence-corrected chi connectivity index (χ3v) is 7.27. The number of aromatic nitrogens is 6. The van der Waals surface area contributed by atoms with E-state index >= 15 is 0 Å². The molecule has 5 aromatic rings. The average Bonchev–Trinajstić information content (AvgIpc) is 3.65. The third-order valence-electron chi connectivity index (χ3n) is 7.27. The lowest BCUT2D eigenvalue weighted by Gasteiger charge is -2.13. The quantitative estimate of drug-likeness (QED) is 0.295. The van der Waals surface area contributed by atoms with Crippen LogP contribution in [-0.4, -0.2) is 43.7 Å². The van der Waals surface area contributed by atoms with Gasteiger partial charge in [0.05, 0.1) is 36.6 Å². The van der Waals surface area contributed by atoms with Crippen molar-refractivity contribution in [3.63, 3.8) is 0 Å². The second kappa shape index (κ2) is 9.52. The summed E-state index contributed by atoms with van der Waals surface area (Å²) in [6, 6.07) is 16.3. The van der Waals surface area contributed by atoms with E-state index in [0.717, 1.165) is 63.1 Å². The molecule has 0 spiro atoms. The Morgan fingerprint density at radius 2 is 1.68 bits per heavy atom. The van der Waals surface area contributed by atoms with E-state index < -0.39 is 0 Å². The minimum atomic E-state index is 0.312. The van der Waals surface area contributed by atoms with Crippen molar-refractivity contribution in [3.05, 3.63) is 89.2 Å². The first-order valence-corrected chi connectivity index (χ1v) is 12.8. The van der Waals surface area contributed by atoms with E-state index in [1.54, 1.807) is 14.2 Å². The first-order chi connectivity index (χ1) is 18.4. The first kappa shape index (κ1) is 24.0. The average molecular weight is 507 g/mol. The summed E-state index contributed by atoms with van der Waals surface area (Å²) in [5, 5.41) is 0. The molecule has 8 heteroatoms. The molecule has 1 aliphatic carbocycles. The number of imidazole rings is 1. The SMILES string of the molecule is COc1ccc(Cc2nc(C)ncc2-c2cc(C3CC3c3nc4ccccc4n3C)nc(C)n2)cc1OC. The molecule has 0 N–H and O–H groups in total. The highest BCUT2D eigenvalue weighted by atomic mass is 16.5. The molecule has 0 amide bonds. The highest BCUT2D eigenvalue weighted by Gasteiger charge is 2.44. The van der Waals surface area contributed by atoms with Gasteiger partial charge in [0.1, 0.15) is 17.5 Å². The summed E-state index contributed by atoms with van der Waals surface area (Å²) in [5.74, 6) is 4.62. The lowest BCUT2D eigenvalue weighted by Crippen LogP contribution is -2.04. The Bertz CT molecular complexity index is 1660. The molecule has 1 aliphatic rings. The Morgan fingerprint density at radius 1 is 0.868 bits per heavy atom. The van der Waals surface area contributed by atoms with Crippen LogP contribution in [0.1, 0.15) is 52.7 Å². The van der Waals surface area contributed by atoms with E-state index in [4.69, 9.17) is 29.4 Å². The highest BCUT2D eigenvalue weighted by molar-refractivity contribution is 5.76. The lowest BCUT2D eigenvalue weighted by molar-refractivity contribution is 0.354. The number of aryl methyl sites for hydroxylation is 3. The van der Waals surface area contributed by atoms with Gasteiger partial charge in [-0.2, -0.15) is 0 Å². The summed E-state index contributed by atoms with van der Waals surface area (Å²) >= 11 is 0. The van der Waals surface area contributed by atoms with E-state index in [1.165, 1.54) is 0 Å². The van der Waals surface area contributed by atoms with Crippen molar-refractivity contribution >= 4 is 11.0 Å². The molecule has 6 rings (SSSR count). The fourth-order valence-corrected chi connectivity index (χ4v) is 5.27. The molecule has 3 aromatic heterocycles. The van der Waals surface area contributed by atoms with Crippen LogP contribution >= 0.6 is 0 Å². The molecule has 8 nitrogen and oxygen atoms in total. The summed E-state index contributed by atoms with van der Waals surface area (Å²) in [4.78, 5) is 23.9. The van der Waals surface area contributed by atoms with Gasteiger partial charge in [-0.05, 0) is 56.2 Å². The zero-order valence-electron chi connectivity index (χ0n) is 22.3. The molecule has 0 bridgehead atoms. The van der Waals surface area contributed by atoms with Gasteiger partial charge in [-0.25, -0.2) is 24.9 Å². The molecule has 1 fully saturated rings. The van der Waals surface area contributed by atoms with Gasteiger partial charge in [0.25, 0.3) is 0 Å². The van der Waals surface area contributed by atoms with Crippen molar-refractivity contribution in [1.29, 1.82) is 0 Å². The van der Waals surface area contributed by atoms with Gasteiger partial charge >= 0.3 is 0 Å². The Kier molecular flexibility index (Phi) is 6.02. The lowest BCUT2D eigenvalue weighted by atomic mass is 10.0. The molecule has 2 unspecified atom stereocenters. The van der Waals surface area contributed by atoms with Crippen molar-refractivity contribution in [2.75, 3.05) is 14.2 Å². The van der Waals surface area contributed by atoms with Crippen LogP contribution in [0.15, 0.2) is 54.7 Å². The van der Waals surface area contributed by atoms with Crippen LogP contribution in [0.4, 0.5) is 0 Å². The molecule has 192 valence electrons. The van der Waals surface area contributed by atoms with E-state index in [1.807, 2.05) is 44.3 Å². The van der Waals surface area contributed by atoms with Crippen LogP contribution in [0.5, 0.6) is 11.5 Å². The number of ether oxygens (including phenoxy) is 2. The van der Waals surface area contributed by atoms with E-state index in [-0.39, 0.29) is 0 Å². The van der Waals surface area contributed by atoms with Crippen LogP contribution in [0.3, 0.4) is 0 Å². The molecule has 0 radical (unpaired) electrons. The number of methoxy groups -OCH3 is 2. The van der Waals surface area contributed by atoms with Gasteiger partial charge in [-0.1, -0.05) is 18.2 Å². The molecular formula is C30H30N6O2. The normalized spacial score (nSPS) is 16.6. The number of rotatable bonds is 7. The summed E-state index contributed by atoms with van der Waals surface area (Å²) in [7, 11) is 5.38. The molecule has 1 saturated carbocycles. The van der Waals surface area contributed by atoms with Gasteiger partial charge in [-0.15, -0.1) is 0 Å². The van der Waals surface area contributed by atoms with Gasteiger partial charge in [0.2, 0.25) is 0 Å². The highest BCUT2D eigenvalue weighted by Crippen LogP contribution is 2.54. The molecule has 2 aromatic carbocycles. The minimum absolute atomic E-state index is 0.312. The van der Waals surface area contributed by atoms with Gasteiger partial charge in [-0.3, -0.25) is 0 Å². The Morgan fingerprint density at radius 3 is 2.47 bits per heavy atom. The van der Waals surface area contributed by atoms with Crippen molar-refractivity contribution in [2.24, 2.45) is 7.05 Å². The predicted molar refractivity (Wildman–Crippen MR) is 146 cm³/mol. The standard InChI is InChI=1S/C30H30N6O2/c1-17-31-16-22(24(32-17)12-19-10-11-28(37-4)29(13-19)38-5)26-15-25(33-18(2)34-26)20-14-21(20)30-35-23-8-6-7-9-27(23)36(30)3/h6-11,13,15-16,20-21H,12,14H2,1-5H3. The van der Waals surface area contributed by atoms with Gasteiger partial charge in [0.15, 0.2) is 11.5 Å². The fraction of sp³-hybridized carbons (Fsp3) is 0.300. The number of nitrogens with zero attached hydrogens (tertiary/aromatic N) is 6. The van der Waals surface area contributed by atoms with Gasteiger partial charge in [0, 0.05) is 42.8 Å². The first-order valence-electron chi connectivity index (χ1n) is 12.8. The molecule has 3 heterocycles. The largest absolute Gasteiger partial charge is 0.493 e. The van der Waals surface area contributed by atoms with Crippen LogP contribution in [0.25, 0.3) is 22.3 Å². The predicted octanol–water partition coefficient (Wildman–Crippen LogP) is 5.32. The molecular weight excluding hydrogens is 476 g/mol.